The maximum atomic E-state index is 14.1. The summed E-state index contributed by atoms with van der Waals surface area (Å²) in [6.07, 6.45) is 2.22. The Kier molecular flexibility index (Phi) is 22.9. The van der Waals surface area contributed by atoms with Gasteiger partial charge in [0.05, 0.1) is 24.8 Å². The molecule has 8 unspecified atom stereocenters. The molecule has 13 rings (SSSR count). The van der Waals surface area contributed by atoms with E-state index >= 15 is 0 Å². The number of nitrogens with one attached hydrogen (secondary N) is 1. The van der Waals surface area contributed by atoms with Gasteiger partial charge in [-0.2, -0.15) is 0 Å². The van der Waals surface area contributed by atoms with Crippen LogP contribution in [0.3, 0.4) is 0 Å². The number of aromatic nitrogens is 4. The number of guanidine groups is 3. The molecule has 568 valence electrons. The number of amides is 5. The van der Waals surface area contributed by atoms with E-state index in [-0.39, 0.29) is 47.4 Å². The van der Waals surface area contributed by atoms with E-state index in [1.807, 2.05) is 0 Å². The van der Waals surface area contributed by atoms with Crippen LogP contribution in [0.4, 0.5) is 26.3 Å². The van der Waals surface area contributed by atoms with E-state index in [1.165, 1.54) is 111 Å². The minimum Gasteiger partial charge on any atom is -0.460 e. The van der Waals surface area contributed by atoms with Crippen LogP contribution in [0.2, 0.25) is 0 Å². The molecule has 109 heavy (non-hydrogen) atoms. The Bertz CT molecular complexity index is 5080. The molecule has 0 saturated heterocycles. The maximum Gasteiger partial charge on any atom is 0.268 e. The lowest BCUT2D eigenvalue weighted by Crippen LogP contribution is -2.43. The first kappa shape index (κ1) is 78.7. The number of carbonyl (C=O) groups excluding carboxylic acids is 5. The van der Waals surface area contributed by atoms with Crippen LogP contribution in [0.1, 0.15) is 118 Å². The topological polar surface area (TPSA) is 356 Å². The maximum absolute atomic E-state index is 14.1. The molecule has 4 aliphatic heterocycles. The Balaban J connectivity index is 0.000000155. The van der Waals surface area contributed by atoms with Crippen LogP contribution in [-0.2, 0) is 47.9 Å². The predicted molar refractivity (Wildman–Crippen MR) is 390 cm³/mol. The third kappa shape index (κ3) is 15.4. The van der Waals surface area contributed by atoms with Crippen molar-refractivity contribution in [1.29, 1.82) is 0 Å². The third-order valence-electron chi connectivity index (χ3n) is 18.2. The molecule has 0 aliphatic carbocycles. The Morgan fingerprint density at radius 2 is 0.899 bits per heavy atom. The fourth-order valence-corrected chi connectivity index (χ4v) is 12.8. The predicted octanol–water partition coefficient (Wildman–Crippen LogP) is 10.0. The quantitative estimate of drug-likeness (QED) is 0.0470. The molecule has 9 aromatic rings. The lowest BCUT2D eigenvalue weighted by atomic mass is 9.81. The lowest BCUT2D eigenvalue weighted by molar-refractivity contribution is -0.131. The van der Waals surface area contributed by atoms with Crippen molar-refractivity contribution in [2.75, 3.05) is 21.1 Å². The number of nitrogens with two attached hydrogens (primary N) is 4. The summed E-state index contributed by atoms with van der Waals surface area (Å²) in [5.41, 5.74) is 24.4. The number of aryl methyl sites for hydroxylation is 4. The van der Waals surface area contributed by atoms with E-state index in [4.69, 9.17) is 46.3 Å². The van der Waals surface area contributed by atoms with Crippen molar-refractivity contribution >= 4 is 53.3 Å². The summed E-state index contributed by atoms with van der Waals surface area (Å²) in [4.78, 5) is 103. The number of amidine groups is 1. The van der Waals surface area contributed by atoms with E-state index < -0.39 is 76.9 Å². The number of benzene rings is 6. The Labute approximate surface area is 622 Å². The number of hydrogen-bond acceptors (Lipinski definition) is 20. The first-order valence-electron chi connectivity index (χ1n) is 33.7. The van der Waals surface area contributed by atoms with Gasteiger partial charge in [-0.05, 0) is 169 Å². The van der Waals surface area contributed by atoms with Crippen LogP contribution >= 0.6 is 0 Å². The van der Waals surface area contributed by atoms with Gasteiger partial charge < -0.3 is 56.2 Å². The van der Waals surface area contributed by atoms with Gasteiger partial charge in [0.25, 0.3) is 23.6 Å². The molecule has 5 amide bonds. The fourth-order valence-electron chi connectivity index (χ4n) is 12.8. The number of H-pyrrole nitrogens is 1. The number of aromatic amines is 1. The van der Waals surface area contributed by atoms with Gasteiger partial charge in [0.2, 0.25) is 36.9 Å². The number of ether oxygens (including phenoxy) is 4. The van der Waals surface area contributed by atoms with Crippen LogP contribution in [-0.4, -0.2) is 139 Å². The molecule has 3 aromatic heterocycles. The summed E-state index contributed by atoms with van der Waals surface area (Å²) in [5, 5.41) is 0. The number of oxazole rings is 1. The summed E-state index contributed by atoms with van der Waals surface area (Å²) in [6.45, 7) is 14.0. The number of halogens is 6. The van der Waals surface area contributed by atoms with Gasteiger partial charge in [0, 0.05) is 72.4 Å². The molecule has 7 heterocycles. The van der Waals surface area contributed by atoms with Gasteiger partial charge in [0.15, 0.2) is 40.9 Å². The molecular formula is C77H78F6N16O10. The van der Waals surface area contributed by atoms with Crippen molar-refractivity contribution in [2.24, 2.45) is 42.9 Å². The molecule has 0 fully saturated rings. The van der Waals surface area contributed by atoms with Crippen LogP contribution in [0.15, 0.2) is 189 Å². The van der Waals surface area contributed by atoms with Crippen molar-refractivity contribution in [1.82, 2.24) is 39.5 Å². The minimum absolute atomic E-state index is 0.000721. The van der Waals surface area contributed by atoms with E-state index in [2.05, 4.69) is 39.9 Å². The van der Waals surface area contributed by atoms with Gasteiger partial charge in [-0.3, -0.25) is 43.7 Å². The Morgan fingerprint density at radius 3 is 1.28 bits per heavy atom. The smallest absolute Gasteiger partial charge is 0.268 e. The summed E-state index contributed by atoms with van der Waals surface area (Å²) in [7, 11) is 4.68. The number of primary amides is 1. The highest BCUT2D eigenvalue weighted by Crippen LogP contribution is 2.46. The fraction of sp³-hybridized carbons (Fsp3) is 0.273. The molecule has 0 bridgehead atoms. The van der Waals surface area contributed by atoms with Crippen LogP contribution in [0.25, 0.3) is 0 Å². The van der Waals surface area contributed by atoms with Crippen LogP contribution in [0, 0.1) is 39.3 Å². The van der Waals surface area contributed by atoms with E-state index in [0.717, 1.165) is 6.20 Å². The standard InChI is InChI=1S/C22H21F2N5O2.C21H22FN3O3.C18H18F2N4O2.C16H17FN4O3/c1-13-8-16(6-7-19(13)31-14(2)23)22(15-4-3-5-17(24)9-15)20(30)29(21(25)28-22)11-18-10-26-12-27-18;1-12-10-17(8-9-18(12)28-13(2)22)21(20(27)25(4)14(3)24-21)16-7-5-6-15(11-16)19(23)26;1-10-6-12(4-5-15(10)26-11(2)19)18(13-7-14(20)9-22-8-13)16(25)24(3)17(21)23-18;1-9-6-11(4-5-12(9)24-10(2)17)16(13-7-23-8-19-13)14(22)21(3)15(18)20-16/h3-10,12,14H,11H2,1-2H3,(H2,25,28)(H,26,27);5-11,13H,1-4H3,(H2,23,26);4-9,11H,1-3H3,(H2,21,23);4-8,10H,1-3H3,(H2,18,20). The van der Waals surface area contributed by atoms with Crippen LogP contribution < -0.4 is 41.9 Å². The SMILES string of the molecule is CC1=NC(c2cccc(C(N)=O)c2)(c2ccc(OC(C)F)c(C)c2)C(=O)N1C.Cc1cc(C2(c3cccc(F)c3)N=C(N)N(Cc3cnc[nH]3)C2=O)ccc1OC(C)F.Cc1cc(C2(c3cncc(F)c3)N=C(N)N(C)C2=O)ccc1OC(C)F.Cc1cc(C2(c3cocn3)N=C(N)N(C)C2=O)ccc1OC(C)F. The zero-order valence-electron chi connectivity index (χ0n) is 61.2. The summed E-state index contributed by atoms with van der Waals surface area (Å²) in [5.74, 6) is -1.07. The van der Waals surface area contributed by atoms with Crippen molar-refractivity contribution < 1.29 is 73.7 Å². The van der Waals surface area contributed by atoms with Gasteiger partial charge in [-0.1, -0.05) is 48.5 Å². The summed E-state index contributed by atoms with van der Waals surface area (Å²) < 4.78 is 106. The first-order chi connectivity index (χ1) is 51.6. The second kappa shape index (κ2) is 31.7. The number of nitrogens with zero attached hydrogens (tertiary/aromatic N) is 11. The number of likely N-dealkylation sites (N-methyl/N-ethyl adjacent to an activating group) is 3. The van der Waals surface area contributed by atoms with Gasteiger partial charge >= 0.3 is 0 Å². The first-order valence-corrected chi connectivity index (χ1v) is 33.7. The highest BCUT2D eigenvalue weighted by molar-refractivity contribution is 6.12. The second-order valence-electron chi connectivity index (χ2n) is 25.8. The molecule has 9 N–H and O–H groups in total. The van der Waals surface area contributed by atoms with Gasteiger partial charge in [0.1, 0.15) is 52.4 Å². The molecule has 0 radical (unpaired) electrons. The second-order valence-corrected chi connectivity index (χ2v) is 25.8. The molecule has 0 spiro atoms. The van der Waals surface area contributed by atoms with Gasteiger partial charge in [-0.25, -0.2) is 56.3 Å². The number of alkyl halides is 4. The molecule has 32 heteroatoms. The Hall–Kier alpha value is -12.9. The number of hydrogen-bond donors (Lipinski definition) is 5. The monoisotopic (exact) mass is 1500 g/mol. The molecule has 0 saturated carbocycles. The number of aliphatic imine (C=N–C) groups is 4. The average molecular weight is 1500 g/mol. The minimum atomic E-state index is -1.59. The third-order valence-corrected chi connectivity index (χ3v) is 18.2. The van der Waals surface area contributed by atoms with Crippen molar-refractivity contribution in [3.63, 3.8) is 0 Å². The summed E-state index contributed by atoms with van der Waals surface area (Å²) >= 11 is 0. The number of pyridine rings is 1. The zero-order chi connectivity index (χ0) is 79.4. The zero-order valence-corrected chi connectivity index (χ0v) is 61.2. The normalized spacial score (nSPS) is 20.5. The molecule has 4 aliphatic rings. The van der Waals surface area contributed by atoms with Crippen molar-refractivity contribution in [2.45, 2.75) is 116 Å². The summed E-state index contributed by atoms with van der Waals surface area (Å²) in [6, 6.07) is 33.1. The number of rotatable bonds is 19. The van der Waals surface area contributed by atoms with E-state index in [0.29, 0.717) is 95.9 Å². The molecule has 26 nitrogen and oxygen atoms in total. The molecular weight excluding hydrogens is 1420 g/mol. The average Bonchev–Trinajstić information content (AvgIpc) is 1.62. The largest absolute Gasteiger partial charge is 0.460 e. The van der Waals surface area contributed by atoms with E-state index in [9.17, 15) is 50.3 Å². The lowest BCUT2D eigenvalue weighted by Gasteiger charge is -2.27. The van der Waals surface area contributed by atoms with Crippen molar-refractivity contribution in [3.8, 4) is 23.0 Å². The molecule has 6 aromatic carbocycles. The van der Waals surface area contributed by atoms with Crippen LogP contribution in [0.5, 0.6) is 23.0 Å². The van der Waals surface area contributed by atoms with Crippen molar-refractivity contribution in [3.05, 3.63) is 255 Å². The van der Waals surface area contributed by atoms with Gasteiger partial charge in [-0.15, -0.1) is 0 Å². The number of carbonyl (C=O) groups is 5. The highest BCUT2D eigenvalue weighted by atomic mass is 19.2. The highest BCUT2D eigenvalue weighted by Gasteiger charge is 2.54. The number of imidazole rings is 1. The Morgan fingerprint density at radius 1 is 0.486 bits per heavy atom. The molecule has 8 atom stereocenters. The van der Waals surface area contributed by atoms with E-state index in [1.54, 1.807) is 151 Å².